The van der Waals surface area contributed by atoms with E-state index in [9.17, 15) is 9.18 Å². The van der Waals surface area contributed by atoms with Gasteiger partial charge in [-0.2, -0.15) is 0 Å². The van der Waals surface area contributed by atoms with Crippen molar-refractivity contribution in [3.8, 4) is 0 Å². The van der Waals surface area contributed by atoms with Crippen LogP contribution in [0.5, 0.6) is 0 Å². The largest absolute Gasteiger partial charge is 0.367 e. The van der Waals surface area contributed by atoms with E-state index in [1.165, 1.54) is 11.3 Å². The molecule has 1 aliphatic carbocycles. The number of carbonyl (C=O) groups excluding carboxylic acids is 1. The molecule has 2 aliphatic rings. The fourth-order valence-electron chi connectivity index (χ4n) is 4.23. The van der Waals surface area contributed by atoms with Crippen molar-refractivity contribution >= 4 is 17.3 Å². The maximum Gasteiger partial charge on any atom is 0.224 e. The van der Waals surface area contributed by atoms with Gasteiger partial charge in [-0.05, 0) is 91.5 Å². The third-order valence-corrected chi connectivity index (χ3v) is 6.24. The number of carbonyl (C=O) groups is 1. The number of halogens is 1. The summed E-state index contributed by atoms with van der Waals surface area (Å²) in [5, 5.41) is 3.14. The second kappa shape index (κ2) is 7.23. The van der Waals surface area contributed by atoms with Crippen molar-refractivity contribution in [1.82, 2.24) is 0 Å². The van der Waals surface area contributed by atoms with Crippen LogP contribution < -0.4 is 10.2 Å². The number of aryl methyl sites for hydroxylation is 3. The molecule has 0 atom stereocenters. The van der Waals surface area contributed by atoms with Crippen LogP contribution in [0.25, 0.3) is 0 Å². The highest BCUT2D eigenvalue weighted by Crippen LogP contribution is 2.48. The Labute approximate surface area is 166 Å². The molecule has 1 aliphatic heterocycles. The second-order valence-electron chi connectivity index (χ2n) is 8.93. The number of nitrogens with one attached hydrogen (secondary N) is 1. The fourth-order valence-corrected chi connectivity index (χ4v) is 4.23. The molecule has 2 aromatic rings. The molecule has 4 rings (SSSR count). The van der Waals surface area contributed by atoms with E-state index < -0.39 is 0 Å². The molecule has 0 radical (unpaired) electrons. The summed E-state index contributed by atoms with van der Waals surface area (Å²) < 4.78 is 13.6. The summed E-state index contributed by atoms with van der Waals surface area (Å²) in [6.07, 6.45) is 4.82. The Morgan fingerprint density at radius 2 is 1.86 bits per heavy atom. The van der Waals surface area contributed by atoms with E-state index in [1.54, 1.807) is 12.1 Å². The van der Waals surface area contributed by atoms with Gasteiger partial charge in [0.15, 0.2) is 0 Å². The van der Waals surface area contributed by atoms with Gasteiger partial charge in [0.25, 0.3) is 0 Å². The second-order valence-corrected chi connectivity index (χ2v) is 8.93. The first-order valence-electron chi connectivity index (χ1n) is 10.3. The lowest BCUT2D eigenvalue weighted by Gasteiger charge is -2.25. The minimum Gasteiger partial charge on any atom is -0.367 e. The first-order chi connectivity index (χ1) is 13.3. The Morgan fingerprint density at radius 3 is 2.54 bits per heavy atom. The number of benzene rings is 2. The van der Waals surface area contributed by atoms with Gasteiger partial charge in [-0.3, -0.25) is 4.79 Å². The van der Waals surface area contributed by atoms with Crippen molar-refractivity contribution in [2.45, 2.75) is 59.4 Å². The normalized spacial score (nSPS) is 17.6. The number of anilines is 2. The van der Waals surface area contributed by atoms with Crippen LogP contribution >= 0.6 is 0 Å². The van der Waals surface area contributed by atoms with Gasteiger partial charge in [0, 0.05) is 30.9 Å². The van der Waals surface area contributed by atoms with E-state index >= 15 is 0 Å². The summed E-state index contributed by atoms with van der Waals surface area (Å²) in [6.45, 7) is 8.04. The molecule has 1 N–H and O–H groups in total. The number of fused-ring (bicyclic) bond motifs is 1. The molecule has 0 spiro atoms. The molecule has 3 nitrogen and oxygen atoms in total. The lowest BCUT2D eigenvalue weighted by atomic mass is 10.0. The predicted octanol–water partition coefficient (Wildman–Crippen LogP) is 5.52. The Bertz CT molecular complexity index is 894. The molecule has 4 heteroatoms. The first kappa shape index (κ1) is 19.0. The monoisotopic (exact) mass is 380 g/mol. The van der Waals surface area contributed by atoms with Gasteiger partial charge in [0.1, 0.15) is 5.82 Å². The third-order valence-electron chi connectivity index (χ3n) is 6.24. The minimum absolute atomic E-state index is 0.115. The van der Waals surface area contributed by atoms with Crippen molar-refractivity contribution in [3.05, 3.63) is 58.4 Å². The van der Waals surface area contributed by atoms with Crippen molar-refractivity contribution < 1.29 is 9.18 Å². The van der Waals surface area contributed by atoms with Gasteiger partial charge in [-0.15, -0.1) is 0 Å². The lowest BCUT2D eigenvalue weighted by molar-refractivity contribution is -0.117. The van der Waals surface area contributed by atoms with Gasteiger partial charge in [0.05, 0.1) is 0 Å². The van der Waals surface area contributed by atoms with E-state index in [1.807, 2.05) is 6.07 Å². The molecule has 2 aromatic carbocycles. The Morgan fingerprint density at radius 1 is 1.14 bits per heavy atom. The summed E-state index contributed by atoms with van der Waals surface area (Å²) in [4.78, 5) is 14.8. The van der Waals surface area contributed by atoms with Crippen LogP contribution in [0.15, 0.2) is 30.3 Å². The Balaban J connectivity index is 1.54. The molecule has 1 fully saturated rings. The van der Waals surface area contributed by atoms with Gasteiger partial charge in [0.2, 0.25) is 5.91 Å². The highest BCUT2D eigenvalue weighted by atomic mass is 19.1. The van der Waals surface area contributed by atoms with Crippen LogP contribution in [0.2, 0.25) is 0 Å². The SMILES string of the molecule is Cc1cc(N2CCCc3cc(F)ccc3C2)cc(C)c1NC(=O)CC1(C)CC1. The summed E-state index contributed by atoms with van der Waals surface area (Å²) in [7, 11) is 0. The first-order valence-corrected chi connectivity index (χ1v) is 10.3. The topological polar surface area (TPSA) is 32.3 Å². The highest BCUT2D eigenvalue weighted by molar-refractivity contribution is 5.93. The number of nitrogens with zero attached hydrogens (tertiary/aromatic N) is 1. The number of rotatable bonds is 4. The van der Waals surface area contributed by atoms with E-state index in [-0.39, 0.29) is 17.1 Å². The van der Waals surface area contributed by atoms with Gasteiger partial charge in [-0.25, -0.2) is 4.39 Å². The molecule has 0 bridgehead atoms. The molecular weight excluding hydrogens is 351 g/mol. The zero-order valence-corrected chi connectivity index (χ0v) is 17.1. The van der Waals surface area contributed by atoms with Crippen LogP contribution in [0, 0.1) is 25.1 Å². The maximum absolute atomic E-state index is 13.6. The summed E-state index contributed by atoms with van der Waals surface area (Å²) in [6, 6.07) is 9.47. The van der Waals surface area contributed by atoms with E-state index in [0.29, 0.717) is 6.42 Å². The van der Waals surface area contributed by atoms with Crippen LogP contribution in [0.1, 0.15) is 54.9 Å². The molecule has 1 saturated carbocycles. The summed E-state index contributed by atoms with van der Waals surface area (Å²) in [5.41, 5.74) is 6.82. The lowest BCUT2D eigenvalue weighted by Crippen LogP contribution is -2.23. The molecule has 1 amide bonds. The molecule has 28 heavy (non-hydrogen) atoms. The van der Waals surface area contributed by atoms with Crippen LogP contribution in [-0.4, -0.2) is 12.5 Å². The molecule has 0 aromatic heterocycles. The van der Waals surface area contributed by atoms with Gasteiger partial charge in [-0.1, -0.05) is 13.0 Å². The van der Waals surface area contributed by atoms with Crippen molar-refractivity contribution in [1.29, 1.82) is 0 Å². The van der Waals surface area contributed by atoms with E-state index in [4.69, 9.17) is 0 Å². The van der Waals surface area contributed by atoms with Gasteiger partial charge < -0.3 is 10.2 Å². The third kappa shape index (κ3) is 4.06. The van der Waals surface area contributed by atoms with E-state index in [0.717, 1.165) is 61.2 Å². The Kier molecular flexibility index (Phi) is 4.90. The summed E-state index contributed by atoms with van der Waals surface area (Å²) >= 11 is 0. The van der Waals surface area contributed by atoms with Crippen LogP contribution in [0.3, 0.4) is 0 Å². The molecular formula is C24H29FN2O. The fraction of sp³-hybridized carbons (Fsp3) is 0.458. The smallest absolute Gasteiger partial charge is 0.224 e. The van der Waals surface area contributed by atoms with Crippen LogP contribution in [-0.2, 0) is 17.8 Å². The minimum atomic E-state index is -0.154. The standard InChI is InChI=1S/C24H29FN2O/c1-16-11-21(12-17(2)23(16)26-22(28)14-24(3)8-9-24)27-10-4-5-18-13-20(25)7-6-19(18)15-27/h6-7,11-13H,4-5,8-10,14-15H2,1-3H3,(H,26,28). The Hall–Kier alpha value is -2.36. The predicted molar refractivity (Wildman–Crippen MR) is 112 cm³/mol. The van der Waals surface area contributed by atoms with Crippen molar-refractivity contribution in [2.75, 3.05) is 16.8 Å². The maximum atomic E-state index is 13.6. The number of amides is 1. The van der Waals surface area contributed by atoms with Crippen molar-refractivity contribution in [2.24, 2.45) is 5.41 Å². The average Bonchev–Trinajstić information content (AvgIpc) is 3.39. The quantitative estimate of drug-likeness (QED) is 0.757. The molecule has 0 unspecified atom stereocenters. The zero-order chi connectivity index (χ0) is 19.9. The van der Waals surface area contributed by atoms with Crippen molar-refractivity contribution in [3.63, 3.8) is 0 Å². The van der Waals surface area contributed by atoms with Crippen LogP contribution in [0.4, 0.5) is 15.8 Å². The molecule has 148 valence electrons. The number of hydrogen-bond acceptors (Lipinski definition) is 2. The zero-order valence-electron chi connectivity index (χ0n) is 17.1. The summed E-state index contributed by atoms with van der Waals surface area (Å²) in [5.74, 6) is -0.0382. The van der Waals surface area contributed by atoms with E-state index in [2.05, 4.69) is 43.1 Å². The van der Waals surface area contributed by atoms with Gasteiger partial charge >= 0.3 is 0 Å². The molecule has 1 heterocycles. The average molecular weight is 381 g/mol. The number of hydrogen-bond donors (Lipinski definition) is 1. The molecule has 0 saturated heterocycles. The highest BCUT2D eigenvalue weighted by Gasteiger charge is 2.39.